The maximum absolute atomic E-state index is 12.3. The summed E-state index contributed by atoms with van der Waals surface area (Å²) in [5, 5.41) is 0. The SMILES string of the molecule is COc1cc(C=CC(=O)CC(=O)C=Cc2ccc(OC(=O)N3CCOCC3)c(OC)c2)ccc1OCCN. The van der Waals surface area contributed by atoms with Crippen LogP contribution in [-0.2, 0) is 14.3 Å². The molecule has 0 aliphatic carbocycles. The second-order valence-corrected chi connectivity index (χ2v) is 8.20. The van der Waals surface area contributed by atoms with Crippen LogP contribution in [0.25, 0.3) is 12.2 Å². The van der Waals surface area contributed by atoms with Crippen molar-refractivity contribution in [3.8, 4) is 23.0 Å². The van der Waals surface area contributed by atoms with Gasteiger partial charge in [0.2, 0.25) is 0 Å². The summed E-state index contributed by atoms with van der Waals surface area (Å²) in [5.41, 5.74) is 6.83. The summed E-state index contributed by atoms with van der Waals surface area (Å²) in [6, 6.07) is 10.2. The van der Waals surface area contributed by atoms with E-state index in [1.54, 1.807) is 53.5 Å². The molecular weight excluding hydrogens is 492 g/mol. The molecular formula is C28H32N2O8. The molecule has 1 fully saturated rings. The predicted octanol–water partition coefficient (Wildman–Crippen LogP) is 3.13. The van der Waals surface area contributed by atoms with Crippen LogP contribution in [0.15, 0.2) is 48.6 Å². The normalized spacial score (nSPS) is 13.5. The average molecular weight is 525 g/mol. The van der Waals surface area contributed by atoms with Crippen molar-refractivity contribution < 1.29 is 38.1 Å². The molecule has 0 spiro atoms. The number of allylic oxidation sites excluding steroid dienone is 2. The van der Waals surface area contributed by atoms with Gasteiger partial charge in [0.05, 0.1) is 33.9 Å². The van der Waals surface area contributed by atoms with Crippen molar-refractivity contribution in [2.45, 2.75) is 6.42 Å². The highest BCUT2D eigenvalue weighted by Gasteiger charge is 2.20. The van der Waals surface area contributed by atoms with E-state index in [1.165, 1.54) is 26.4 Å². The Kier molecular flexibility index (Phi) is 10.9. The van der Waals surface area contributed by atoms with Gasteiger partial charge in [0.15, 0.2) is 34.6 Å². The van der Waals surface area contributed by atoms with E-state index in [1.807, 2.05) is 0 Å². The molecule has 202 valence electrons. The fourth-order valence-corrected chi connectivity index (χ4v) is 3.52. The molecule has 1 heterocycles. The number of methoxy groups -OCH3 is 2. The van der Waals surface area contributed by atoms with Gasteiger partial charge in [-0.25, -0.2) is 4.79 Å². The lowest BCUT2D eigenvalue weighted by Gasteiger charge is -2.26. The molecule has 10 nitrogen and oxygen atoms in total. The molecule has 0 atom stereocenters. The van der Waals surface area contributed by atoms with Gasteiger partial charge in [0.25, 0.3) is 0 Å². The molecule has 38 heavy (non-hydrogen) atoms. The molecule has 1 aliphatic heterocycles. The quantitative estimate of drug-likeness (QED) is 0.329. The third-order valence-corrected chi connectivity index (χ3v) is 5.49. The van der Waals surface area contributed by atoms with Crippen LogP contribution in [0.4, 0.5) is 4.79 Å². The molecule has 0 bridgehead atoms. The number of carbonyl (C=O) groups excluding carboxylic acids is 3. The van der Waals surface area contributed by atoms with Gasteiger partial charge in [-0.1, -0.05) is 24.3 Å². The highest BCUT2D eigenvalue weighted by Crippen LogP contribution is 2.30. The van der Waals surface area contributed by atoms with E-state index in [4.69, 9.17) is 29.4 Å². The Bertz CT molecular complexity index is 1190. The van der Waals surface area contributed by atoms with E-state index in [0.717, 1.165) is 5.56 Å². The maximum Gasteiger partial charge on any atom is 0.415 e. The summed E-state index contributed by atoms with van der Waals surface area (Å²) in [6.45, 7) is 2.60. The zero-order chi connectivity index (χ0) is 27.3. The van der Waals surface area contributed by atoms with Gasteiger partial charge in [-0.05, 0) is 47.5 Å². The second kappa shape index (κ2) is 14.6. The van der Waals surface area contributed by atoms with Crippen LogP contribution in [0.1, 0.15) is 17.5 Å². The third kappa shape index (κ3) is 8.46. The lowest BCUT2D eigenvalue weighted by Crippen LogP contribution is -2.42. The minimum Gasteiger partial charge on any atom is -0.493 e. The van der Waals surface area contributed by atoms with E-state index < -0.39 is 6.09 Å². The Labute approximate surface area is 221 Å². The molecule has 2 aromatic rings. The van der Waals surface area contributed by atoms with Crippen LogP contribution in [0.5, 0.6) is 23.0 Å². The van der Waals surface area contributed by atoms with E-state index in [-0.39, 0.29) is 23.7 Å². The fourth-order valence-electron chi connectivity index (χ4n) is 3.52. The van der Waals surface area contributed by atoms with Gasteiger partial charge in [-0.2, -0.15) is 0 Å². The molecule has 0 aromatic heterocycles. The molecule has 0 unspecified atom stereocenters. The van der Waals surface area contributed by atoms with E-state index in [9.17, 15) is 14.4 Å². The van der Waals surface area contributed by atoms with Gasteiger partial charge in [0.1, 0.15) is 6.61 Å². The van der Waals surface area contributed by atoms with Crippen molar-refractivity contribution in [3.05, 3.63) is 59.7 Å². The molecule has 10 heteroatoms. The number of ether oxygens (including phenoxy) is 5. The molecule has 0 saturated carbocycles. The van der Waals surface area contributed by atoms with Crippen LogP contribution < -0.4 is 24.7 Å². The Hall–Kier alpha value is -4.15. The number of benzene rings is 2. The number of morpholine rings is 1. The van der Waals surface area contributed by atoms with Crippen LogP contribution in [-0.4, -0.2) is 76.2 Å². The Morgan fingerprint density at radius 1 is 0.868 bits per heavy atom. The molecule has 2 aromatic carbocycles. The Morgan fingerprint density at radius 2 is 1.42 bits per heavy atom. The molecule has 0 radical (unpaired) electrons. The van der Waals surface area contributed by atoms with Gasteiger partial charge in [-0.15, -0.1) is 0 Å². The summed E-state index contributed by atoms with van der Waals surface area (Å²) >= 11 is 0. The minimum atomic E-state index is -0.481. The number of amides is 1. The first-order valence-corrected chi connectivity index (χ1v) is 12.1. The van der Waals surface area contributed by atoms with E-state index >= 15 is 0 Å². The summed E-state index contributed by atoms with van der Waals surface area (Å²) < 4.78 is 26.9. The average Bonchev–Trinajstić information content (AvgIpc) is 2.94. The smallest absolute Gasteiger partial charge is 0.415 e. The fraction of sp³-hybridized carbons (Fsp3) is 0.321. The van der Waals surface area contributed by atoms with Crippen LogP contribution in [0.2, 0.25) is 0 Å². The monoisotopic (exact) mass is 524 g/mol. The highest BCUT2D eigenvalue weighted by molar-refractivity contribution is 6.10. The van der Waals surface area contributed by atoms with Crippen LogP contribution >= 0.6 is 0 Å². The molecule has 1 amide bonds. The summed E-state index contributed by atoms with van der Waals surface area (Å²) in [6.07, 6.45) is 5.09. The van der Waals surface area contributed by atoms with E-state index in [0.29, 0.717) is 62.3 Å². The number of ketones is 2. The van der Waals surface area contributed by atoms with Crippen molar-refractivity contribution in [1.29, 1.82) is 0 Å². The predicted molar refractivity (Wildman–Crippen MR) is 142 cm³/mol. The van der Waals surface area contributed by atoms with Gasteiger partial charge in [-0.3, -0.25) is 9.59 Å². The number of nitrogens with zero attached hydrogens (tertiary/aromatic N) is 1. The van der Waals surface area contributed by atoms with Gasteiger partial charge in [0, 0.05) is 19.6 Å². The summed E-state index contributed by atoms with van der Waals surface area (Å²) in [5.74, 6) is 0.985. The van der Waals surface area contributed by atoms with Crippen LogP contribution in [0.3, 0.4) is 0 Å². The molecule has 1 saturated heterocycles. The molecule has 1 aliphatic rings. The number of carbonyl (C=O) groups is 3. The topological polar surface area (TPSA) is 127 Å². The second-order valence-electron chi connectivity index (χ2n) is 8.20. The molecule has 3 rings (SSSR count). The summed E-state index contributed by atoms with van der Waals surface area (Å²) in [4.78, 5) is 38.5. The Morgan fingerprint density at radius 3 is 1.97 bits per heavy atom. The lowest BCUT2D eigenvalue weighted by atomic mass is 10.1. The van der Waals surface area contributed by atoms with Crippen molar-refractivity contribution in [3.63, 3.8) is 0 Å². The van der Waals surface area contributed by atoms with Crippen molar-refractivity contribution >= 4 is 29.8 Å². The lowest BCUT2D eigenvalue weighted by molar-refractivity contribution is -0.121. The zero-order valence-corrected chi connectivity index (χ0v) is 21.5. The number of rotatable bonds is 12. The number of hydrogen-bond donors (Lipinski definition) is 1. The van der Waals surface area contributed by atoms with Gasteiger partial charge < -0.3 is 34.3 Å². The first-order valence-electron chi connectivity index (χ1n) is 12.1. The third-order valence-electron chi connectivity index (χ3n) is 5.49. The summed E-state index contributed by atoms with van der Waals surface area (Å²) in [7, 11) is 2.98. The van der Waals surface area contributed by atoms with Crippen molar-refractivity contribution in [2.75, 3.05) is 53.7 Å². The number of nitrogens with two attached hydrogens (primary N) is 1. The van der Waals surface area contributed by atoms with Crippen LogP contribution in [0, 0.1) is 0 Å². The maximum atomic E-state index is 12.3. The van der Waals surface area contributed by atoms with Crippen molar-refractivity contribution in [2.24, 2.45) is 5.73 Å². The first kappa shape index (κ1) is 28.4. The van der Waals surface area contributed by atoms with E-state index in [2.05, 4.69) is 0 Å². The zero-order valence-electron chi connectivity index (χ0n) is 21.5. The standard InChI is InChI=1S/C28H32N2O8/c1-34-26-17-20(5-9-24(26)37-14-11-29)3-7-22(31)19-23(32)8-4-21-6-10-25(27(18-21)35-2)38-28(33)30-12-15-36-16-13-30/h3-10,17-18H,11-16,19,29H2,1-2H3. The molecule has 2 N–H and O–H groups in total. The largest absolute Gasteiger partial charge is 0.493 e. The highest BCUT2D eigenvalue weighted by atomic mass is 16.6. The van der Waals surface area contributed by atoms with Gasteiger partial charge >= 0.3 is 6.09 Å². The Balaban J connectivity index is 1.55. The minimum absolute atomic E-state index is 0.267. The van der Waals surface area contributed by atoms with Crippen molar-refractivity contribution in [1.82, 2.24) is 4.90 Å². The first-order chi connectivity index (χ1) is 18.4. The number of hydrogen-bond acceptors (Lipinski definition) is 9.